The average Bonchev–Trinajstić information content (AvgIpc) is 2.91. The number of nitrogens with two attached hydrogens (primary N) is 1. The van der Waals surface area contributed by atoms with Crippen LogP contribution in [0.1, 0.15) is 71.1 Å². The van der Waals surface area contributed by atoms with Crippen molar-refractivity contribution < 1.29 is 4.79 Å². The largest absolute Gasteiger partial charge is 0.321 e. The molecule has 0 aromatic carbocycles. The highest BCUT2D eigenvalue weighted by Crippen LogP contribution is 2.73. The van der Waals surface area contributed by atoms with Crippen LogP contribution in [-0.4, -0.2) is 12.3 Å². The lowest BCUT2D eigenvalue weighted by Crippen LogP contribution is -2.37. The Labute approximate surface area is 147 Å². The van der Waals surface area contributed by atoms with Crippen LogP contribution in [0.15, 0.2) is 12.2 Å². The molecule has 4 saturated carbocycles. The van der Waals surface area contributed by atoms with Crippen LogP contribution >= 0.6 is 0 Å². The predicted molar refractivity (Wildman–Crippen MR) is 98.4 cm³/mol. The van der Waals surface area contributed by atoms with Gasteiger partial charge in [0.15, 0.2) is 0 Å². The maximum Gasteiger partial charge on any atom is 0.137 e. The summed E-state index contributed by atoms with van der Waals surface area (Å²) in [4.78, 5) is 11.7. The number of carbonyl (C=O) groups is 1. The van der Waals surface area contributed by atoms with Gasteiger partial charge in [0.05, 0.1) is 6.04 Å². The molecule has 0 amide bonds. The van der Waals surface area contributed by atoms with Crippen molar-refractivity contribution in [3.05, 3.63) is 12.2 Å². The Kier molecular flexibility index (Phi) is 4.39. The van der Waals surface area contributed by atoms with Crippen LogP contribution in [0.4, 0.5) is 0 Å². The molecule has 0 bridgehead atoms. The second kappa shape index (κ2) is 6.27. The normalized spacial score (nSPS) is 46.2. The lowest BCUT2D eigenvalue weighted by molar-refractivity contribution is -0.110. The summed E-state index contributed by atoms with van der Waals surface area (Å²) >= 11 is 0. The highest BCUT2D eigenvalue weighted by atomic mass is 16.1. The summed E-state index contributed by atoms with van der Waals surface area (Å²) in [6.45, 7) is 6.83. The molecule has 7 atom stereocenters. The zero-order valence-corrected chi connectivity index (χ0v) is 15.4. The molecule has 0 saturated heterocycles. The van der Waals surface area contributed by atoms with Crippen LogP contribution in [0.2, 0.25) is 0 Å². The lowest BCUT2D eigenvalue weighted by atomic mass is 9.77. The van der Waals surface area contributed by atoms with Crippen LogP contribution in [0.3, 0.4) is 0 Å². The maximum atomic E-state index is 11.7. The van der Waals surface area contributed by atoms with Crippen molar-refractivity contribution in [2.75, 3.05) is 0 Å². The summed E-state index contributed by atoms with van der Waals surface area (Å²) in [5, 5.41) is 0. The fourth-order valence-corrected chi connectivity index (χ4v) is 7.31. The topological polar surface area (TPSA) is 43.1 Å². The lowest BCUT2D eigenvalue weighted by Gasteiger charge is -2.29. The summed E-state index contributed by atoms with van der Waals surface area (Å²) in [7, 11) is 0. The van der Waals surface area contributed by atoms with Crippen molar-refractivity contribution >= 4 is 6.29 Å². The Morgan fingerprint density at radius 1 is 1.29 bits per heavy atom. The minimum atomic E-state index is -0.239. The molecule has 7 unspecified atom stereocenters. The van der Waals surface area contributed by atoms with Crippen molar-refractivity contribution in [1.29, 1.82) is 0 Å². The van der Waals surface area contributed by atoms with Gasteiger partial charge in [-0.3, -0.25) is 0 Å². The van der Waals surface area contributed by atoms with Crippen LogP contribution in [0.25, 0.3) is 0 Å². The van der Waals surface area contributed by atoms with Gasteiger partial charge in [0, 0.05) is 0 Å². The zero-order valence-electron chi connectivity index (χ0n) is 15.4. The highest BCUT2D eigenvalue weighted by molar-refractivity contribution is 5.61. The second-order valence-corrected chi connectivity index (χ2v) is 9.64. The molecule has 4 aliphatic rings. The average molecular weight is 330 g/mol. The van der Waals surface area contributed by atoms with Crippen LogP contribution < -0.4 is 5.73 Å². The Morgan fingerprint density at radius 3 is 2.75 bits per heavy atom. The molecular formula is C22H35NO. The summed E-state index contributed by atoms with van der Waals surface area (Å²) < 4.78 is 0. The third-order valence-corrected chi connectivity index (χ3v) is 8.47. The molecule has 0 spiro atoms. The van der Waals surface area contributed by atoms with E-state index in [2.05, 4.69) is 13.5 Å². The number of hydrogen-bond acceptors (Lipinski definition) is 2. The standard InChI is InChI=1S/C22H35NO/c1-14-11-17-15(2)7-8-19-21(18(17)12-14)22(19,20(23)13-24)10-9-16-5-3-4-6-16/h13-14,16-21H,2-12,23H2,1H3. The molecule has 2 nitrogen and oxygen atoms in total. The predicted octanol–water partition coefficient (Wildman–Crippen LogP) is 4.73. The van der Waals surface area contributed by atoms with Gasteiger partial charge in [-0.1, -0.05) is 44.8 Å². The molecular weight excluding hydrogens is 294 g/mol. The third kappa shape index (κ3) is 2.52. The summed E-state index contributed by atoms with van der Waals surface area (Å²) in [6, 6.07) is -0.239. The molecule has 4 aliphatic carbocycles. The van der Waals surface area contributed by atoms with E-state index >= 15 is 0 Å². The number of aldehydes is 1. The Morgan fingerprint density at radius 2 is 2.04 bits per heavy atom. The number of rotatable bonds is 5. The number of carbonyl (C=O) groups excluding carboxylic acids is 1. The SMILES string of the molecule is C=C1CCC2C(C3CC(C)CC13)C2(CCC1CCCC1)C(N)C=O. The Hall–Kier alpha value is -0.630. The van der Waals surface area contributed by atoms with Gasteiger partial charge in [-0.2, -0.15) is 0 Å². The van der Waals surface area contributed by atoms with E-state index in [1.54, 1.807) is 0 Å². The van der Waals surface area contributed by atoms with Crippen LogP contribution in [-0.2, 0) is 4.79 Å². The first-order chi connectivity index (χ1) is 11.6. The number of fused-ring (bicyclic) bond motifs is 3. The summed E-state index contributed by atoms with van der Waals surface area (Å²) in [5.74, 6) is 4.58. The highest BCUT2D eigenvalue weighted by Gasteiger charge is 2.70. The fraction of sp³-hybridized carbons (Fsp3) is 0.864. The second-order valence-electron chi connectivity index (χ2n) is 9.64. The van der Waals surface area contributed by atoms with Gasteiger partial charge in [-0.25, -0.2) is 0 Å². The molecule has 4 rings (SSSR count). The molecule has 0 aliphatic heterocycles. The monoisotopic (exact) mass is 329 g/mol. The van der Waals surface area contributed by atoms with Gasteiger partial charge < -0.3 is 10.5 Å². The van der Waals surface area contributed by atoms with E-state index in [9.17, 15) is 4.79 Å². The van der Waals surface area contributed by atoms with Gasteiger partial charge in [0.1, 0.15) is 6.29 Å². The van der Waals surface area contributed by atoms with E-state index in [4.69, 9.17) is 5.73 Å². The first-order valence-electron chi connectivity index (χ1n) is 10.5. The van der Waals surface area contributed by atoms with Crippen LogP contribution in [0.5, 0.6) is 0 Å². The van der Waals surface area contributed by atoms with E-state index in [-0.39, 0.29) is 11.5 Å². The summed E-state index contributed by atoms with van der Waals surface area (Å²) in [5.41, 5.74) is 8.11. The van der Waals surface area contributed by atoms with Gasteiger partial charge in [-0.15, -0.1) is 0 Å². The molecule has 2 N–H and O–H groups in total. The molecule has 0 aromatic rings. The van der Waals surface area contributed by atoms with Gasteiger partial charge in [0.2, 0.25) is 0 Å². The van der Waals surface area contributed by atoms with Crippen LogP contribution in [0, 0.1) is 40.9 Å². The number of hydrogen-bond donors (Lipinski definition) is 1. The first kappa shape index (κ1) is 16.8. The summed E-state index contributed by atoms with van der Waals surface area (Å²) in [6.07, 6.45) is 14.3. The van der Waals surface area contributed by atoms with Gasteiger partial charge >= 0.3 is 0 Å². The molecule has 24 heavy (non-hydrogen) atoms. The third-order valence-electron chi connectivity index (χ3n) is 8.47. The maximum absolute atomic E-state index is 11.7. The quantitative estimate of drug-likeness (QED) is 0.585. The van der Waals surface area contributed by atoms with E-state index in [0.29, 0.717) is 17.8 Å². The number of allylic oxidation sites excluding steroid dienone is 1. The van der Waals surface area contributed by atoms with Crippen molar-refractivity contribution in [3.8, 4) is 0 Å². The minimum Gasteiger partial charge on any atom is -0.321 e. The molecule has 4 fully saturated rings. The van der Waals surface area contributed by atoms with Gasteiger partial charge in [-0.05, 0) is 79.4 Å². The van der Waals surface area contributed by atoms with E-state index in [0.717, 1.165) is 24.0 Å². The molecule has 2 heteroatoms. The molecule has 0 aromatic heterocycles. The first-order valence-corrected chi connectivity index (χ1v) is 10.5. The zero-order chi connectivity index (χ0) is 16.9. The molecule has 0 heterocycles. The Bertz CT molecular complexity index is 508. The minimum absolute atomic E-state index is 0.137. The van der Waals surface area contributed by atoms with Gasteiger partial charge in [0.25, 0.3) is 0 Å². The van der Waals surface area contributed by atoms with Crippen molar-refractivity contribution in [2.24, 2.45) is 46.7 Å². The smallest absolute Gasteiger partial charge is 0.137 e. The van der Waals surface area contributed by atoms with Crippen molar-refractivity contribution in [1.82, 2.24) is 0 Å². The van der Waals surface area contributed by atoms with Crippen molar-refractivity contribution in [3.63, 3.8) is 0 Å². The van der Waals surface area contributed by atoms with Crippen molar-refractivity contribution in [2.45, 2.75) is 77.2 Å². The van der Waals surface area contributed by atoms with E-state index in [1.165, 1.54) is 69.8 Å². The Balaban J connectivity index is 1.56. The van der Waals surface area contributed by atoms with E-state index in [1.807, 2.05) is 0 Å². The molecule has 134 valence electrons. The van der Waals surface area contributed by atoms with E-state index < -0.39 is 0 Å². The fourth-order valence-electron chi connectivity index (χ4n) is 7.31. The molecule has 0 radical (unpaired) electrons.